The van der Waals surface area contributed by atoms with Crippen molar-refractivity contribution in [3.05, 3.63) is 82.9 Å². The number of rotatable bonds is 10. The van der Waals surface area contributed by atoms with Crippen molar-refractivity contribution in [3.63, 3.8) is 0 Å². The smallest absolute Gasteiger partial charge is 0.338 e. The SMILES string of the molecule is CCCOC(=O)c1ccc(-c2c(C(=O)O)ccc(C(=O)O)c2-c2ccc(C(=O)OCCC)cc2)cc1. The third-order valence-corrected chi connectivity index (χ3v) is 5.36. The van der Waals surface area contributed by atoms with E-state index in [9.17, 15) is 29.4 Å². The molecule has 0 heterocycles. The molecule has 36 heavy (non-hydrogen) atoms. The van der Waals surface area contributed by atoms with Crippen molar-refractivity contribution in [1.29, 1.82) is 0 Å². The van der Waals surface area contributed by atoms with E-state index >= 15 is 0 Å². The van der Waals surface area contributed by atoms with E-state index in [4.69, 9.17) is 9.47 Å². The lowest BCUT2D eigenvalue weighted by molar-refractivity contribution is 0.0496. The van der Waals surface area contributed by atoms with Crippen LogP contribution >= 0.6 is 0 Å². The Labute approximate surface area is 208 Å². The van der Waals surface area contributed by atoms with Gasteiger partial charge in [0.2, 0.25) is 0 Å². The summed E-state index contributed by atoms with van der Waals surface area (Å²) in [6.45, 7) is 4.30. The Bertz CT molecular complexity index is 1170. The van der Waals surface area contributed by atoms with E-state index in [2.05, 4.69) is 0 Å². The largest absolute Gasteiger partial charge is 0.478 e. The molecule has 0 aliphatic heterocycles. The second-order valence-corrected chi connectivity index (χ2v) is 7.95. The van der Waals surface area contributed by atoms with E-state index in [1.54, 1.807) is 24.3 Å². The van der Waals surface area contributed by atoms with E-state index in [0.29, 0.717) is 24.0 Å². The number of carbonyl (C=O) groups is 4. The topological polar surface area (TPSA) is 127 Å². The Morgan fingerprint density at radius 1 is 0.583 bits per heavy atom. The summed E-state index contributed by atoms with van der Waals surface area (Å²) in [4.78, 5) is 48.6. The van der Waals surface area contributed by atoms with E-state index in [1.165, 1.54) is 36.4 Å². The molecule has 0 aliphatic carbocycles. The van der Waals surface area contributed by atoms with Crippen LogP contribution in [0.3, 0.4) is 0 Å². The lowest BCUT2D eigenvalue weighted by Crippen LogP contribution is -2.09. The van der Waals surface area contributed by atoms with E-state index in [-0.39, 0.29) is 46.6 Å². The fourth-order valence-electron chi connectivity index (χ4n) is 3.66. The Morgan fingerprint density at radius 3 is 1.19 bits per heavy atom. The number of carboxylic acids is 2. The number of aromatic carboxylic acids is 2. The highest BCUT2D eigenvalue weighted by atomic mass is 16.5. The Kier molecular flexibility index (Phi) is 8.57. The summed E-state index contributed by atoms with van der Waals surface area (Å²) in [5, 5.41) is 19.8. The molecule has 186 valence electrons. The fraction of sp³-hybridized carbons (Fsp3) is 0.214. The molecular formula is C28H26O8. The molecule has 8 nitrogen and oxygen atoms in total. The highest BCUT2D eigenvalue weighted by Crippen LogP contribution is 2.38. The molecule has 0 saturated carbocycles. The van der Waals surface area contributed by atoms with E-state index < -0.39 is 23.9 Å². The van der Waals surface area contributed by atoms with Crippen molar-refractivity contribution in [3.8, 4) is 22.3 Å². The van der Waals surface area contributed by atoms with Gasteiger partial charge >= 0.3 is 23.9 Å². The molecule has 3 aromatic rings. The normalized spacial score (nSPS) is 10.5. The predicted octanol–water partition coefficient (Wildman–Crippen LogP) is 5.55. The van der Waals surface area contributed by atoms with Crippen molar-refractivity contribution >= 4 is 23.9 Å². The van der Waals surface area contributed by atoms with Crippen LogP contribution in [-0.2, 0) is 9.47 Å². The lowest BCUT2D eigenvalue weighted by Gasteiger charge is -2.17. The number of carbonyl (C=O) groups excluding carboxylic acids is 2. The first-order chi connectivity index (χ1) is 17.3. The predicted molar refractivity (Wildman–Crippen MR) is 132 cm³/mol. The number of carboxylic acid groups (broad SMARTS) is 2. The van der Waals surface area contributed by atoms with Gasteiger partial charge in [0, 0.05) is 11.1 Å². The second kappa shape index (κ2) is 11.8. The Morgan fingerprint density at radius 2 is 0.917 bits per heavy atom. The number of benzene rings is 3. The first kappa shape index (κ1) is 26.2. The van der Waals surface area contributed by atoms with Crippen LogP contribution < -0.4 is 0 Å². The number of ether oxygens (including phenoxy) is 2. The van der Waals surface area contributed by atoms with Gasteiger partial charge in [-0.1, -0.05) is 38.1 Å². The molecule has 3 aromatic carbocycles. The maximum Gasteiger partial charge on any atom is 0.338 e. The van der Waals surface area contributed by atoms with Crippen LogP contribution in [0.4, 0.5) is 0 Å². The van der Waals surface area contributed by atoms with E-state index in [1.807, 2.05) is 13.8 Å². The highest BCUT2D eigenvalue weighted by molar-refractivity contribution is 6.08. The summed E-state index contributed by atoms with van der Waals surface area (Å²) >= 11 is 0. The third kappa shape index (κ3) is 5.78. The lowest BCUT2D eigenvalue weighted by atomic mass is 9.86. The van der Waals surface area contributed by atoms with Gasteiger partial charge in [-0.05, 0) is 60.4 Å². The average molecular weight is 491 g/mol. The molecule has 2 N–H and O–H groups in total. The van der Waals surface area contributed by atoms with Crippen molar-refractivity contribution in [2.75, 3.05) is 13.2 Å². The van der Waals surface area contributed by atoms with Crippen molar-refractivity contribution in [1.82, 2.24) is 0 Å². The number of hydrogen-bond donors (Lipinski definition) is 2. The van der Waals surface area contributed by atoms with Crippen LogP contribution in [0.25, 0.3) is 22.3 Å². The maximum absolute atomic E-state index is 12.2. The molecule has 0 radical (unpaired) electrons. The molecule has 3 rings (SSSR count). The molecule has 8 heteroatoms. The second-order valence-electron chi connectivity index (χ2n) is 7.95. The molecule has 0 saturated heterocycles. The van der Waals surface area contributed by atoms with Crippen LogP contribution in [0.15, 0.2) is 60.7 Å². The molecule has 0 atom stereocenters. The first-order valence-corrected chi connectivity index (χ1v) is 11.5. The molecule has 0 amide bonds. The zero-order valence-electron chi connectivity index (χ0n) is 19.9. The summed E-state index contributed by atoms with van der Waals surface area (Å²) in [5.41, 5.74) is 1.53. The van der Waals surface area contributed by atoms with Gasteiger partial charge < -0.3 is 19.7 Å². The average Bonchev–Trinajstić information content (AvgIpc) is 2.89. The van der Waals surface area contributed by atoms with Gasteiger partial charge in [-0.2, -0.15) is 0 Å². The Balaban J connectivity index is 2.16. The quantitative estimate of drug-likeness (QED) is 0.354. The fourth-order valence-corrected chi connectivity index (χ4v) is 3.66. The van der Waals surface area contributed by atoms with Gasteiger partial charge in [0.15, 0.2) is 0 Å². The summed E-state index contributed by atoms with van der Waals surface area (Å²) in [6.07, 6.45) is 1.35. The molecule has 0 aromatic heterocycles. The number of hydrogen-bond acceptors (Lipinski definition) is 6. The van der Waals surface area contributed by atoms with Gasteiger partial charge in [0.05, 0.1) is 35.5 Å². The van der Waals surface area contributed by atoms with Crippen LogP contribution in [0.2, 0.25) is 0 Å². The molecule has 0 bridgehead atoms. The summed E-state index contributed by atoms with van der Waals surface area (Å²) < 4.78 is 10.3. The first-order valence-electron chi connectivity index (χ1n) is 11.5. The van der Waals surface area contributed by atoms with Crippen LogP contribution in [-0.4, -0.2) is 47.3 Å². The van der Waals surface area contributed by atoms with Gasteiger partial charge in [-0.25, -0.2) is 19.2 Å². The molecular weight excluding hydrogens is 464 g/mol. The third-order valence-electron chi connectivity index (χ3n) is 5.36. The van der Waals surface area contributed by atoms with Crippen LogP contribution in [0.5, 0.6) is 0 Å². The van der Waals surface area contributed by atoms with Gasteiger partial charge in [0.25, 0.3) is 0 Å². The summed E-state index contributed by atoms with van der Waals surface area (Å²) in [6, 6.07) is 14.7. The zero-order chi connectivity index (χ0) is 26.2. The van der Waals surface area contributed by atoms with Gasteiger partial charge in [-0.15, -0.1) is 0 Å². The molecule has 0 aliphatic rings. The number of esters is 2. The molecule has 0 unspecified atom stereocenters. The summed E-state index contributed by atoms with van der Waals surface area (Å²) in [7, 11) is 0. The van der Waals surface area contributed by atoms with Crippen LogP contribution in [0, 0.1) is 0 Å². The minimum absolute atomic E-state index is 0.109. The van der Waals surface area contributed by atoms with Gasteiger partial charge in [-0.3, -0.25) is 0 Å². The van der Waals surface area contributed by atoms with Crippen molar-refractivity contribution in [2.45, 2.75) is 26.7 Å². The summed E-state index contributed by atoms with van der Waals surface area (Å²) in [5.74, 6) is -3.50. The minimum atomic E-state index is -1.24. The minimum Gasteiger partial charge on any atom is -0.478 e. The van der Waals surface area contributed by atoms with Crippen molar-refractivity contribution < 1.29 is 38.9 Å². The maximum atomic E-state index is 12.2. The van der Waals surface area contributed by atoms with Crippen molar-refractivity contribution in [2.24, 2.45) is 0 Å². The standard InChI is InChI=1S/C28H26O8/c1-3-15-35-27(33)19-9-5-17(6-10-19)23-21(25(29)30)13-14-22(26(31)32)24(23)18-7-11-20(12-8-18)28(34)36-16-4-2/h5-14H,3-4,15-16H2,1-2H3,(H,29,30)(H,31,32). The van der Waals surface area contributed by atoms with Crippen LogP contribution in [0.1, 0.15) is 68.1 Å². The monoisotopic (exact) mass is 490 g/mol. The van der Waals surface area contributed by atoms with Gasteiger partial charge in [0.1, 0.15) is 0 Å². The molecule has 0 spiro atoms. The molecule has 0 fully saturated rings. The highest BCUT2D eigenvalue weighted by Gasteiger charge is 2.24. The zero-order valence-corrected chi connectivity index (χ0v) is 19.9. The van der Waals surface area contributed by atoms with E-state index in [0.717, 1.165) is 0 Å². The Hall–Kier alpha value is -4.46.